The second kappa shape index (κ2) is 4.76. The number of carbonyl (C=O) groups excluding carboxylic acids is 1. The summed E-state index contributed by atoms with van der Waals surface area (Å²) in [4.78, 5) is 24.1. The Morgan fingerprint density at radius 3 is 2.39 bits per heavy atom. The van der Waals surface area contributed by atoms with Gasteiger partial charge in [0.05, 0.1) is 12.1 Å². The van der Waals surface area contributed by atoms with Crippen LogP contribution in [0.15, 0.2) is 0 Å². The number of ether oxygens (including phenoxy) is 1. The number of likely N-dealkylation sites (tertiary alicyclic amines) is 1. The van der Waals surface area contributed by atoms with E-state index in [1.165, 1.54) is 0 Å². The molecule has 6 heteroatoms. The maximum absolute atomic E-state index is 11.9. The van der Waals surface area contributed by atoms with Crippen molar-refractivity contribution in [2.45, 2.75) is 57.8 Å². The van der Waals surface area contributed by atoms with E-state index in [4.69, 9.17) is 9.84 Å². The molecule has 1 aliphatic rings. The van der Waals surface area contributed by atoms with E-state index in [-0.39, 0.29) is 13.0 Å². The molecule has 1 saturated heterocycles. The normalized spacial score (nSPS) is 28.3. The lowest BCUT2D eigenvalue weighted by molar-refractivity contribution is -0.142. The summed E-state index contributed by atoms with van der Waals surface area (Å²) in [7, 11) is 0. The highest BCUT2D eigenvalue weighted by molar-refractivity contribution is 5.81. The van der Waals surface area contributed by atoms with Gasteiger partial charge in [0.2, 0.25) is 0 Å². The molecule has 0 saturated carbocycles. The monoisotopic (exact) mass is 259 g/mol. The third-order valence-corrected chi connectivity index (χ3v) is 2.99. The van der Waals surface area contributed by atoms with Crippen molar-refractivity contribution >= 4 is 12.1 Å². The Labute approximate surface area is 107 Å². The van der Waals surface area contributed by atoms with Crippen LogP contribution in [0.25, 0.3) is 0 Å². The molecule has 0 aliphatic carbocycles. The second-order valence-corrected chi connectivity index (χ2v) is 5.74. The fourth-order valence-corrected chi connectivity index (χ4v) is 1.95. The van der Waals surface area contributed by atoms with Gasteiger partial charge < -0.3 is 14.9 Å². The van der Waals surface area contributed by atoms with E-state index >= 15 is 0 Å². The molecule has 0 aromatic rings. The molecule has 0 spiro atoms. The Morgan fingerprint density at radius 2 is 2.00 bits per heavy atom. The lowest BCUT2D eigenvalue weighted by atomic mass is 9.97. The van der Waals surface area contributed by atoms with Crippen LogP contribution >= 0.6 is 0 Å². The molecular weight excluding hydrogens is 238 g/mol. The number of amides is 1. The van der Waals surface area contributed by atoms with Gasteiger partial charge in [0.1, 0.15) is 11.6 Å². The van der Waals surface area contributed by atoms with Gasteiger partial charge in [-0.05, 0) is 27.2 Å². The standard InChI is InChI=1S/C12H21NO5/c1-5-12(17)6-8(9(14)15)13(7-12)10(16)18-11(2,3)4/h8,17H,5-7H2,1-4H3,(H,14,15)/t8-,12-/m0/s1. The van der Waals surface area contributed by atoms with Crippen molar-refractivity contribution in [2.75, 3.05) is 6.54 Å². The van der Waals surface area contributed by atoms with Crippen LogP contribution in [0.4, 0.5) is 4.79 Å². The van der Waals surface area contributed by atoms with Gasteiger partial charge in [-0.3, -0.25) is 4.90 Å². The number of carboxylic acids is 1. The molecule has 0 bridgehead atoms. The zero-order valence-electron chi connectivity index (χ0n) is 11.3. The first-order valence-corrected chi connectivity index (χ1v) is 6.03. The second-order valence-electron chi connectivity index (χ2n) is 5.74. The first-order chi connectivity index (χ1) is 8.08. The van der Waals surface area contributed by atoms with E-state index in [0.29, 0.717) is 6.42 Å². The fourth-order valence-electron chi connectivity index (χ4n) is 1.95. The minimum atomic E-state index is -1.14. The van der Waals surface area contributed by atoms with E-state index in [0.717, 1.165) is 4.90 Å². The number of hydrogen-bond acceptors (Lipinski definition) is 4. The highest BCUT2D eigenvalue weighted by atomic mass is 16.6. The Balaban J connectivity index is 2.85. The van der Waals surface area contributed by atoms with Gasteiger partial charge in [-0.25, -0.2) is 9.59 Å². The first-order valence-electron chi connectivity index (χ1n) is 6.03. The van der Waals surface area contributed by atoms with Crippen molar-refractivity contribution in [3.05, 3.63) is 0 Å². The van der Waals surface area contributed by atoms with Crippen molar-refractivity contribution in [1.29, 1.82) is 0 Å². The topological polar surface area (TPSA) is 87.1 Å². The lowest BCUT2D eigenvalue weighted by Crippen LogP contribution is -2.44. The molecular formula is C12H21NO5. The van der Waals surface area contributed by atoms with Crippen LogP contribution in [0.5, 0.6) is 0 Å². The van der Waals surface area contributed by atoms with Gasteiger partial charge in [-0.1, -0.05) is 6.92 Å². The van der Waals surface area contributed by atoms with Crippen LogP contribution in [0.2, 0.25) is 0 Å². The van der Waals surface area contributed by atoms with Crippen LogP contribution < -0.4 is 0 Å². The highest BCUT2D eigenvalue weighted by Crippen LogP contribution is 2.31. The average Bonchev–Trinajstić information content (AvgIpc) is 2.55. The SMILES string of the molecule is CC[C@]1(O)C[C@@H](C(=O)O)N(C(=O)OC(C)(C)C)C1. The molecule has 0 aromatic heterocycles. The summed E-state index contributed by atoms with van der Waals surface area (Å²) in [6.07, 6.45) is -0.256. The third kappa shape index (κ3) is 3.35. The lowest BCUT2D eigenvalue weighted by Gasteiger charge is -2.27. The molecule has 1 aliphatic heterocycles. The van der Waals surface area contributed by atoms with E-state index in [2.05, 4.69) is 0 Å². The van der Waals surface area contributed by atoms with Crippen molar-refractivity contribution < 1.29 is 24.5 Å². The molecule has 1 amide bonds. The Hall–Kier alpha value is -1.30. The van der Waals surface area contributed by atoms with Gasteiger partial charge in [-0.15, -0.1) is 0 Å². The van der Waals surface area contributed by atoms with Crippen LogP contribution in [-0.2, 0) is 9.53 Å². The summed E-state index contributed by atoms with van der Waals surface area (Å²) in [5.41, 5.74) is -1.83. The van der Waals surface area contributed by atoms with E-state index in [9.17, 15) is 14.7 Å². The number of nitrogens with zero attached hydrogens (tertiary/aromatic N) is 1. The minimum Gasteiger partial charge on any atom is -0.480 e. The molecule has 2 atom stereocenters. The number of aliphatic carboxylic acids is 1. The largest absolute Gasteiger partial charge is 0.480 e. The smallest absolute Gasteiger partial charge is 0.411 e. The molecule has 1 rings (SSSR count). The van der Waals surface area contributed by atoms with Crippen molar-refractivity contribution in [3.8, 4) is 0 Å². The molecule has 104 valence electrons. The molecule has 0 aromatic carbocycles. The first kappa shape index (κ1) is 14.8. The van der Waals surface area contributed by atoms with E-state index in [1.807, 2.05) is 0 Å². The maximum Gasteiger partial charge on any atom is 0.411 e. The van der Waals surface area contributed by atoms with Crippen molar-refractivity contribution in [1.82, 2.24) is 4.90 Å². The highest BCUT2D eigenvalue weighted by Gasteiger charge is 2.48. The van der Waals surface area contributed by atoms with Crippen molar-refractivity contribution in [3.63, 3.8) is 0 Å². The number of rotatable bonds is 2. The fraction of sp³-hybridized carbons (Fsp3) is 0.833. The molecule has 0 radical (unpaired) electrons. The van der Waals surface area contributed by atoms with Gasteiger partial charge in [-0.2, -0.15) is 0 Å². The number of carboxylic acid groups (broad SMARTS) is 1. The van der Waals surface area contributed by atoms with Gasteiger partial charge in [0.15, 0.2) is 0 Å². The van der Waals surface area contributed by atoms with Crippen LogP contribution in [-0.4, -0.2) is 51.0 Å². The van der Waals surface area contributed by atoms with E-state index < -0.39 is 29.3 Å². The Bertz CT molecular complexity index is 349. The van der Waals surface area contributed by atoms with E-state index in [1.54, 1.807) is 27.7 Å². The number of β-amino-alcohol motifs (C(OH)–C–C–N with tert-alkyl or cyclic N) is 1. The predicted molar refractivity (Wildman–Crippen MR) is 64.2 cm³/mol. The van der Waals surface area contributed by atoms with Gasteiger partial charge >= 0.3 is 12.1 Å². The molecule has 6 nitrogen and oxygen atoms in total. The zero-order valence-corrected chi connectivity index (χ0v) is 11.3. The average molecular weight is 259 g/mol. The molecule has 1 fully saturated rings. The molecule has 2 N–H and O–H groups in total. The maximum atomic E-state index is 11.9. The molecule has 0 unspecified atom stereocenters. The molecule has 1 heterocycles. The summed E-state index contributed by atoms with van der Waals surface area (Å²) in [6, 6.07) is -1.02. The summed E-state index contributed by atoms with van der Waals surface area (Å²) in [6.45, 7) is 6.89. The quantitative estimate of drug-likeness (QED) is 0.778. The zero-order chi connectivity index (χ0) is 14.1. The van der Waals surface area contributed by atoms with Crippen LogP contribution in [0, 0.1) is 0 Å². The Morgan fingerprint density at radius 1 is 1.44 bits per heavy atom. The summed E-state index contributed by atoms with van der Waals surface area (Å²) >= 11 is 0. The van der Waals surface area contributed by atoms with Gasteiger partial charge in [0.25, 0.3) is 0 Å². The third-order valence-electron chi connectivity index (χ3n) is 2.99. The van der Waals surface area contributed by atoms with Crippen LogP contribution in [0.3, 0.4) is 0 Å². The predicted octanol–water partition coefficient (Wildman–Crippen LogP) is 1.22. The number of aliphatic hydroxyl groups is 1. The number of carbonyl (C=O) groups is 2. The molecule has 18 heavy (non-hydrogen) atoms. The van der Waals surface area contributed by atoms with Gasteiger partial charge in [0, 0.05) is 6.42 Å². The summed E-state index contributed by atoms with van der Waals surface area (Å²) in [5.74, 6) is -1.12. The summed E-state index contributed by atoms with van der Waals surface area (Å²) < 4.78 is 5.15. The number of hydrogen-bond donors (Lipinski definition) is 2. The van der Waals surface area contributed by atoms with Crippen molar-refractivity contribution in [2.24, 2.45) is 0 Å². The summed E-state index contributed by atoms with van der Waals surface area (Å²) in [5, 5.41) is 19.2. The van der Waals surface area contributed by atoms with Crippen LogP contribution in [0.1, 0.15) is 40.5 Å². The minimum absolute atomic E-state index is 0.00458. The Kier molecular flexibility index (Phi) is 3.90.